The zero-order valence-corrected chi connectivity index (χ0v) is 14.4. The molecule has 2 aromatic carbocycles. The molecule has 0 spiro atoms. The van der Waals surface area contributed by atoms with E-state index in [1.165, 1.54) is 4.90 Å². The molecule has 4 rings (SSSR count). The van der Waals surface area contributed by atoms with Crippen LogP contribution < -0.4 is 5.32 Å². The van der Waals surface area contributed by atoms with E-state index in [-0.39, 0.29) is 5.91 Å². The number of thioether (sulfide) groups is 1. The van der Waals surface area contributed by atoms with Gasteiger partial charge in [0.15, 0.2) is 5.69 Å². The van der Waals surface area contributed by atoms with Gasteiger partial charge in [-0.25, -0.2) is 0 Å². The molecule has 1 aliphatic heterocycles. The third kappa shape index (κ3) is 2.51. The molecule has 0 unspecified atom stereocenters. The summed E-state index contributed by atoms with van der Waals surface area (Å²) in [5.74, 6) is 0.604. The minimum absolute atomic E-state index is 0.157. The van der Waals surface area contributed by atoms with E-state index in [0.29, 0.717) is 5.69 Å². The van der Waals surface area contributed by atoms with Crippen LogP contribution in [0.1, 0.15) is 21.6 Å². The van der Waals surface area contributed by atoms with Crippen LogP contribution in [0.2, 0.25) is 0 Å². The first-order valence-corrected chi connectivity index (χ1v) is 8.78. The van der Waals surface area contributed by atoms with Crippen LogP contribution in [-0.4, -0.2) is 15.7 Å². The molecule has 24 heavy (non-hydrogen) atoms. The van der Waals surface area contributed by atoms with Gasteiger partial charge in [-0.05, 0) is 25.1 Å². The highest BCUT2D eigenvalue weighted by molar-refractivity contribution is 7.98. The quantitative estimate of drug-likeness (QED) is 0.761. The van der Waals surface area contributed by atoms with Gasteiger partial charge in [-0.2, -0.15) is 5.10 Å². The molecule has 4 nitrogen and oxygen atoms in total. The van der Waals surface area contributed by atoms with Gasteiger partial charge in [-0.3, -0.25) is 9.48 Å². The molecule has 1 amide bonds. The Morgan fingerprint density at radius 2 is 1.92 bits per heavy atom. The standard InChI is InChI=1S/C19H17N3OS/c1-12-7-9-13(10-8-12)20-19(23)17-15-11-24-16-6-4-3-5-14(16)18(15)22(2)21-17/h3-10H,11H2,1-2H3,(H,20,23). The lowest BCUT2D eigenvalue weighted by Gasteiger charge is -2.16. The van der Waals surface area contributed by atoms with Crippen LogP contribution in [0, 0.1) is 6.92 Å². The summed E-state index contributed by atoms with van der Waals surface area (Å²) >= 11 is 1.75. The van der Waals surface area contributed by atoms with Crippen molar-refractivity contribution in [2.24, 2.45) is 7.05 Å². The second kappa shape index (κ2) is 5.83. The van der Waals surface area contributed by atoms with Crippen LogP contribution in [0.15, 0.2) is 53.4 Å². The Bertz CT molecular complexity index is 928. The second-order valence-corrected chi connectivity index (χ2v) is 6.92. The zero-order chi connectivity index (χ0) is 16.7. The fourth-order valence-corrected chi connectivity index (χ4v) is 4.06. The molecule has 0 radical (unpaired) electrons. The Morgan fingerprint density at radius 3 is 2.71 bits per heavy atom. The molecule has 1 N–H and O–H groups in total. The number of rotatable bonds is 2. The molecule has 0 saturated carbocycles. The molecule has 1 aromatic heterocycles. The summed E-state index contributed by atoms with van der Waals surface area (Å²) in [5.41, 5.74) is 5.65. The number of anilines is 1. The minimum atomic E-state index is -0.157. The summed E-state index contributed by atoms with van der Waals surface area (Å²) < 4.78 is 1.82. The molecule has 0 aliphatic carbocycles. The van der Waals surface area contributed by atoms with Crippen molar-refractivity contribution in [2.75, 3.05) is 5.32 Å². The lowest BCUT2D eigenvalue weighted by molar-refractivity contribution is 0.102. The van der Waals surface area contributed by atoms with Crippen LogP contribution in [0.25, 0.3) is 11.3 Å². The van der Waals surface area contributed by atoms with Crippen LogP contribution in [0.4, 0.5) is 5.69 Å². The van der Waals surface area contributed by atoms with E-state index in [1.807, 2.05) is 55.1 Å². The first kappa shape index (κ1) is 15.0. The lowest BCUT2D eigenvalue weighted by atomic mass is 10.1. The summed E-state index contributed by atoms with van der Waals surface area (Å²) in [6.45, 7) is 2.02. The summed E-state index contributed by atoms with van der Waals surface area (Å²) in [5, 5.41) is 7.44. The van der Waals surface area contributed by atoms with E-state index in [4.69, 9.17) is 0 Å². The molecule has 0 saturated heterocycles. The van der Waals surface area contributed by atoms with Crippen LogP contribution >= 0.6 is 11.8 Å². The third-order valence-electron chi connectivity index (χ3n) is 4.18. The van der Waals surface area contributed by atoms with E-state index in [1.54, 1.807) is 11.8 Å². The third-order valence-corrected chi connectivity index (χ3v) is 5.28. The van der Waals surface area contributed by atoms with E-state index in [0.717, 1.165) is 33.8 Å². The number of carbonyl (C=O) groups excluding carboxylic acids is 1. The minimum Gasteiger partial charge on any atom is -0.321 e. The number of benzene rings is 2. The Labute approximate surface area is 144 Å². The maximum Gasteiger partial charge on any atom is 0.276 e. The molecule has 1 aliphatic rings. The monoisotopic (exact) mass is 335 g/mol. The number of fused-ring (bicyclic) bond motifs is 3. The molecule has 3 aromatic rings. The lowest BCUT2D eigenvalue weighted by Crippen LogP contribution is -2.14. The summed E-state index contributed by atoms with van der Waals surface area (Å²) in [7, 11) is 1.90. The van der Waals surface area contributed by atoms with Crippen molar-refractivity contribution in [1.29, 1.82) is 0 Å². The number of amides is 1. The average Bonchev–Trinajstić information content (AvgIpc) is 2.94. The fraction of sp³-hybridized carbons (Fsp3) is 0.158. The molecule has 2 heterocycles. The molecule has 0 fully saturated rings. The van der Waals surface area contributed by atoms with Crippen molar-refractivity contribution in [3.63, 3.8) is 0 Å². The van der Waals surface area contributed by atoms with Gasteiger partial charge in [0, 0.05) is 34.5 Å². The maximum atomic E-state index is 12.7. The van der Waals surface area contributed by atoms with Gasteiger partial charge in [-0.15, -0.1) is 11.8 Å². The molecule has 5 heteroatoms. The van der Waals surface area contributed by atoms with Crippen LogP contribution in [0.3, 0.4) is 0 Å². The van der Waals surface area contributed by atoms with Gasteiger partial charge in [0.2, 0.25) is 0 Å². The van der Waals surface area contributed by atoms with E-state index >= 15 is 0 Å². The number of hydrogen-bond donors (Lipinski definition) is 1. The Morgan fingerprint density at radius 1 is 1.17 bits per heavy atom. The molecular formula is C19H17N3OS. The SMILES string of the molecule is Cc1ccc(NC(=O)c2nn(C)c3c2CSc2ccccc2-3)cc1. The largest absolute Gasteiger partial charge is 0.321 e. The topological polar surface area (TPSA) is 46.9 Å². The average molecular weight is 335 g/mol. The van der Waals surface area contributed by atoms with Gasteiger partial charge in [0.1, 0.15) is 0 Å². The number of aromatic nitrogens is 2. The predicted octanol–water partition coefficient (Wildman–Crippen LogP) is 4.25. The normalized spacial score (nSPS) is 12.4. The highest BCUT2D eigenvalue weighted by Gasteiger charge is 2.27. The maximum absolute atomic E-state index is 12.7. The summed E-state index contributed by atoms with van der Waals surface area (Å²) in [6.07, 6.45) is 0. The first-order valence-electron chi connectivity index (χ1n) is 7.79. The van der Waals surface area contributed by atoms with E-state index in [9.17, 15) is 4.79 Å². The molecule has 0 bridgehead atoms. The van der Waals surface area contributed by atoms with E-state index in [2.05, 4.69) is 22.5 Å². The van der Waals surface area contributed by atoms with Gasteiger partial charge in [0.25, 0.3) is 5.91 Å². The van der Waals surface area contributed by atoms with Gasteiger partial charge in [-0.1, -0.05) is 35.9 Å². The van der Waals surface area contributed by atoms with Gasteiger partial charge < -0.3 is 5.32 Å². The highest BCUT2D eigenvalue weighted by Crippen LogP contribution is 2.42. The molecule has 120 valence electrons. The number of aryl methyl sites for hydroxylation is 2. The van der Waals surface area contributed by atoms with Crippen LogP contribution in [-0.2, 0) is 12.8 Å². The predicted molar refractivity (Wildman–Crippen MR) is 97.3 cm³/mol. The van der Waals surface area contributed by atoms with E-state index < -0.39 is 0 Å². The van der Waals surface area contributed by atoms with Crippen molar-refractivity contribution in [3.8, 4) is 11.3 Å². The fourth-order valence-electron chi connectivity index (χ4n) is 2.99. The van der Waals surface area contributed by atoms with Gasteiger partial charge >= 0.3 is 0 Å². The number of hydrogen-bond acceptors (Lipinski definition) is 3. The summed E-state index contributed by atoms with van der Waals surface area (Å²) in [4.78, 5) is 13.9. The first-order chi connectivity index (χ1) is 11.6. The number of nitrogens with zero attached hydrogens (tertiary/aromatic N) is 2. The number of carbonyl (C=O) groups is 1. The highest BCUT2D eigenvalue weighted by atomic mass is 32.2. The van der Waals surface area contributed by atoms with Crippen molar-refractivity contribution >= 4 is 23.4 Å². The second-order valence-electron chi connectivity index (χ2n) is 5.90. The van der Waals surface area contributed by atoms with Crippen LogP contribution in [0.5, 0.6) is 0 Å². The van der Waals surface area contributed by atoms with Crippen molar-refractivity contribution in [1.82, 2.24) is 9.78 Å². The number of nitrogens with one attached hydrogen (secondary N) is 1. The summed E-state index contributed by atoms with van der Waals surface area (Å²) in [6, 6.07) is 16.0. The molecule has 0 atom stereocenters. The smallest absolute Gasteiger partial charge is 0.276 e. The Hall–Kier alpha value is -2.53. The Balaban J connectivity index is 1.71. The van der Waals surface area contributed by atoms with Crippen molar-refractivity contribution < 1.29 is 4.79 Å². The van der Waals surface area contributed by atoms with Crippen molar-refractivity contribution in [2.45, 2.75) is 17.6 Å². The molecular weight excluding hydrogens is 318 g/mol. The Kier molecular flexibility index (Phi) is 3.65. The van der Waals surface area contributed by atoms with Crippen molar-refractivity contribution in [3.05, 3.63) is 65.4 Å². The van der Waals surface area contributed by atoms with Gasteiger partial charge in [0.05, 0.1) is 5.69 Å². The zero-order valence-electron chi connectivity index (χ0n) is 13.5.